The second kappa shape index (κ2) is 5.82. The molecule has 0 amide bonds. The Hall–Kier alpha value is -0.130. The van der Waals surface area contributed by atoms with E-state index in [1.165, 1.54) is 0 Å². The number of rotatable bonds is 4. The number of halogens is 2. The number of hydrogen-bond acceptors (Lipinski definition) is 3. The number of aliphatic hydroxyl groups is 2. The molecule has 2 unspecified atom stereocenters. The molecule has 0 fully saturated rings. The van der Waals surface area contributed by atoms with E-state index < -0.39 is 12.2 Å². The van der Waals surface area contributed by atoms with Crippen molar-refractivity contribution in [1.29, 1.82) is 0 Å². The Bertz CT molecular complexity index is 335. The van der Waals surface area contributed by atoms with Crippen molar-refractivity contribution in [3.63, 3.8) is 0 Å². The molecule has 0 saturated heterocycles. The summed E-state index contributed by atoms with van der Waals surface area (Å²) in [5.74, 6) is 0. The highest BCUT2D eigenvalue weighted by molar-refractivity contribution is 9.10. The average Bonchev–Trinajstić information content (AvgIpc) is 2.21. The molecular weight excluding hydrogens is 281 g/mol. The number of nitrogens with one attached hydrogen (secondary N) is 1. The van der Waals surface area contributed by atoms with Crippen LogP contribution in [0.4, 0.5) is 0 Å². The van der Waals surface area contributed by atoms with Crippen molar-refractivity contribution in [2.24, 2.45) is 0 Å². The van der Waals surface area contributed by atoms with Crippen molar-refractivity contribution >= 4 is 27.5 Å². The van der Waals surface area contributed by atoms with E-state index in [-0.39, 0.29) is 0 Å². The molecule has 0 saturated carbocycles. The minimum Gasteiger partial charge on any atom is -0.389 e. The lowest BCUT2D eigenvalue weighted by Crippen LogP contribution is -2.29. The molecule has 0 aliphatic rings. The molecule has 1 rings (SSSR count). The van der Waals surface area contributed by atoms with Gasteiger partial charge in [0, 0.05) is 11.0 Å². The first-order chi connectivity index (χ1) is 7.06. The van der Waals surface area contributed by atoms with Crippen molar-refractivity contribution in [3.8, 4) is 0 Å². The van der Waals surface area contributed by atoms with E-state index in [9.17, 15) is 10.2 Å². The van der Waals surface area contributed by atoms with Crippen LogP contribution in [0, 0.1) is 0 Å². The van der Waals surface area contributed by atoms with Crippen molar-refractivity contribution < 1.29 is 10.2 Å². The highest BCUT2D eigenvalue weighted by Crippen LogP contribution is 2.27. The van der Waals surface area contributed by atoms with E-state index in [1.807, 2.05) is 0 Å². The zero-order valence-electron chi connectivity index (χ0n) is 8.24. The number of aliphatic hydroxyl groups excluding tert-OH is 2. The standard InChI is InChI=1S/C10H13BrClNO2/c1-13-5-9(14)10(15)6-2-3-7(11)8(12)4-6/h2-4,9-10,13-15H,5H2,1H3. The van der Waals surface area contributed by atoms with Crippen LogP contribution >= 0.6 is 27.5 Å². The van der Waals surface area contributed by atoms with E-state index in [0.717, 1.165) is 4.47 Å². The fourth-order valence-electron chi connectivity index (χ4n) is 1.24. The molecule has 0 bridgehead atoms. The molecule has 0 aliphatic heterocycles. The summed E-state index contributed by atoms with van der Waals surface area (Å²) in [4.78, 5) is 0. The second-order valence-corrected chi connectivity index (χ2v) is 4.50. The zero-order valence-corrected chi connectivity index (χ0v) is 10.6. The first-order valence-electron chi connectivity index (χ1n) is 4.52. The van der Waals surface area contributed by atoms with Crippen LogP contribution in [0.5, 0.6) is 0 Å². The van der Waals surface area contributed by atoms with Crippen LogP contribution in [0.25, 0.3) is 0 Å². The SMILES string of the molecule is CNCC(O)C(O)c1ccc(Br)c(Cl)c1. The fraction of sp³-hybridized carbons (Fsp3) is 0.400. The number of likely N-dealkylation sites (N-methyl/N-ethyl adjacent to an activating group) is 1. The maximum atomic E-state index is 9.77. The van der Waals surface area contributed by atoms with Gasteiger partial charge in [0.05, 0.1) is 11.1 Å². The van der Waals surface area contributed by atoms with Gasteiger partial charge in [0.25, 0.3) is 0 Å². The predicted molar refractivity (Wildman–Crippen MR) is 64.0 cm³/mol. The van der Waals surface area contributed by atoms with E-state index >= 15 is 0 Å². The van der Waals surface area contributed by atoms with Crippen molar-refractivity contribution in [3.05, 3.63) is 33.3 Å². The quantitative estimate of drug-likeness (QED) is 0.792. The lowest BCUT2D eigenvalue weighted by Gasteiger charge is -2.18. The van der Waals surface area contributed by atoms with E-state index in [4.69, 9.17) is 11.6 Å². The van der Waals surface area contributed by atoms with Gasteiger partial charge in [0.1, 0.15) is 6.10 Å². The highest BCUT2D eigenvalue weighted by Gasteiger charge is 2.18. The maximum Gasteiger partial charge on any atom is 0.106 e. The van der Waals surface area contributed by atoms with Crippen LogP contribution in [0.15, 0.2) is 22.7 Å². The normalized spacial score (nSPS) is 15.0. The van der Waals surface area contributed by atoms with Gasteiger partial charge in [-0.25, -0.2) is 0 Å². The van der Waals surface area contributed by atoms with Crippen LogP contribution in [-0.4, -0.2) is 29.9 Å². The first-order valence-corrected chi connectivity index (χ1v) is 5.69. The van der Waals surface area contributed by atoms with Crippen molar-refractivity contribution in [2.75, 3.05) is 13.6 Å². The highest BCUT2D eigenvalue weighted by atomic mass is 79.9. The van der Waals surface area contributed by atoms with Gasteiger partial charge in [-0.1, -0.05) is 17.7 Å². The van der Waals surface area contributed by atoms with Crippen LogP contribution in [0.2, 0.25) is 5.02 Å². The summed E-state index contributed by atoms with van der Waals surface area (Å²) in [6, 6.07) is 5.10. The molecule has 84 valence electrons. The molecule has 0 heterocycles. The number of hydrogen-bond donors (Lipinski definition) is 3. The van der Waals surface area contributed by atoms with Gasteiger partial charge in [-0.15, -0.1) is 0 Å². The minimum atomic E-state index is -0.928. The van der Waals surface area contributed by atoms with Gasteiger partial charge >= 0.3 is 0 Å². The van der Waals surface area contributed by atoms with Crippen LogP contribution in [0.1, 0.15) is 11.7 Å². The zero-order chi connectivity index (χ0) is 11.4. The van der Waals surface area contributed by atoms with Gasteiger partial charge in [-0.2, -0.15) is 0 Å². The van der Waals surface area contributed by atoms with E-state index in [1.54, 1.807) is 25.2 Å². The van der Waals surface area contributed by atoms with Crippen molar-refractivity contribution in [2.45, 2.75) is 12.2 Å². The van der Waals surface area contributed by atoms with E-state index in [2.05, 4.69) is 21.2 Å². The van der Waals surface area contributed by atoms with Gasteiger partial charge < -0.3 is 15.5 Å². The maximum absolute atomic E-state index is 9.77. The molecule has 1 aromatic carbocycles. The smallest absolute Gasteiger partial charge is 0.106 e. The Labute approximate surface area is 102 Å². The van der Waals surface area contributed by atoms with Gasteiger partial charge in [0.2, 0.25) is 0 Å². The molecule has 0 aliphatic carbocycles. The molecular formula is C10H13BrClNO2. The molecule has 3 N–H and O–H groups in total. The molecule has 15 heavy (non-hydrogen) atoms. The number of benzene rings is 1. The first kappa shape index (κ1) is 12.9. The lowest BCUT2D eigenvalue weighted by atomic mass is 10.0. The Morgan fingerprint density at radius 3 is 2.67 bits per heavy atom. The molecule has 5 heteroatoms. The summed E-state index contributed by atoms with van der Waals surface area (Å²) in [5.41, 5.74) is 0.603. The van der Waals surface area contributed by atoms with Gasteiger partial charge in [-0.05, 0) is 40.7 Å². The van der Waals surface area contributed by atoms with Crippen molar-refractivity contribution in [1.82, 2.24) is 5.32 Å². The summed E-state index contributed by atoms with van der Waals surface area (Å²) in [6.07, 6.45) is -1.77. The summed E-state index contributed by atoms with van der Waals surface area (Å²) in [5, 5.41) is 22.6. The third kappa shape index (κ3) is 3.43. The van der Waals surface area contributed by atoms with Gasteiger partial charge in [0.15, 0.2) is 0 Å². The molecule has 3 nitrogen and oxygen atoms in total. The summed E-state index contributed by atoms with van der Waals surface area (Å²) < 4.78 is 0.767. The largest absolute Gasteiger partial charge is 0.389 e. The molecule has 0 spiro atoms. The Morgan fingerprint density at radius 1 is 1.47 bits per heavy atom. The van der Waals surface area contributed by atoms with Crippen LogP contribution in [-0.2, 0) is 0 Å². The summed E-state index contributed by atoms with van der Waals surface area (Å²) in [6.45, 7) is 0.328. The van der Waals surface area contributed by atoms with Gasteiger partial charge in [-0.3, -0.25) is 0 Å². The lowest BCUT2D eigenvalue weighted by molar-refractivity contribution is 0.0202. The monoisotopic (exact) mass is 293 g/mol. The van der Waals surface area contributed by atoms with E-state index in [0.29, 0.717) is 17.1 Å². The Morgan fingerprint density at radius 2 is 2.13 bits per heavy atom. The molecule has 2 atom stereocenters. The molecule has 0 aromatic heterocycles. The Balaban J connectivity index is 2.81. The van der Waals surface area contributed by atoms with Crippen LogP contribution in [0.3, 0.4) is 0 Å². The molecule has 0 radical (unpaired) electrons. The average molecular weight is 295 g/mol. The summed E-state index contributed by atoms with van der Waals surface area (Å²) in [7, 11) is 1.71. The molecule has 1 aromatic rings. The third-order valence-electron chi connectivity index (χ3n) is 2.06. The fourth-order valence-corrected chi connectivity index (χ4v) is 1.67. The topological polar surface area (TPSA) is 52.5 Å². The third-order valence-corrected chi connectivity index (χ3v) is 3.30. The van der Waals surface area contributed by atoms with Crippen LogP contribution < -0.4 is 5.32 Å². The second-order valence-electron chi connectivity index (χ2n) is 3.24. The Kier molecular flexibility index (Phi) is 5.02. The minimum absolute atomic E-state index is 0.328. The predicted octanol–water partition coefficient (Wildman–Crippen LogP) is 1.72. The summed E-state index contributed by atoms with van der Waals surface area (Å²) >= 11 is 9.14.